The Kier molecular flexibility index (Phi) is 6.82. The van der Waals surface area contributed by atoms with Crippen molar-refractivity contribution < 1.29 is 19.1 Å². The Morgan fingerprint density at radius 2 is 1.66 bits per heavy atom. The summed E-state index contributed by atoms with van der Waals surface area (Å²) in [6, 6.07) is 0.323. The molecule has 0 saturated heterocycles. The largest absolute Gasteiger partial charge is 0.465 e. The van der Waals surface area contributed by atoms with Crippen molar-refractivity contribution in [2.45, 2.75) is 71.3 Å². The third-order valence-electron chi connectivity index (χ3n) is 7.84. The van der Waals surface area contributed by atoms with Crippen LogP contribution >= 0.6 is 23.6 Å². The van der Waals surface area contributed by atoms with Gasteiger partial charge in [-0.2, -0.15) is 0 Å². The molecule has 1 heterocycles. The molecule has 4 aliphatic carbocycles. The van der Waals surface area contributed by atoms with E-state index in [0.29, 0.717) is 37.6 Å². The van der Waals surface area contributed by atoms with Crippen LogP contribution in [0.4, 0.5) is 5.00 Å². The van der Waals surface area contributed by atoms with E-state index in [1.807, 2.05) is 0 Å². The highest BCUT2D eigenvalue weighted by Crippen LogP contribution is 2.61. The van der Waals surface area contributed by atoms with Crippen LogP contribution < -0.4 is 10.6 Å². The van der Waals surface area contributed by atoms with E-state index in [9.17, 15) is 9.59 Å². The fourth-order valence-electron chi connectivity index (χ4n) is 6.96. The van der Waals surface area contributed by atoms with Gasteiger partial charge in [-0.05, 0) is 92.8 Å². The van der Waals surface area contributed by atoms with Crippen LogP contribution in [-0.2, 0) is 9.47 Å². The smallest absolute Gasteiger partial charge is 0.348 e. The summed E-state index contributed by atoms with van der Waals surface area (Å²) in [5, 5.41) is 7.88. The van der Waals surface area contributed by atoms with Crippen LogP contribution in [0.1, 0.15) is 83.9 Å². The SMILES string of the molecule is CCCC(NC(=S)Nc1sc(C(=O)OC)c(C)c1C(=O)OC)C12CC3CC(CC(C3)C1)C2. The van der Waals surface area contributed by atoms with E-state index in [0.717, 1.165) is 30.6 Å². The third-order valence-corrected chi connectivity index (χ3v) is 9.25. The first-order valence-corrected chi connectivity index (χ1v) is 12.9. The molecule has 4 bridgehead atoms. The molecule has 5 rings (SSSR count). The lowest BCUT2D eigenvalue weighted by atomic mass is 9.47. The summed E-state index contributed by atoms with van der Waals surface area (Å²) < 4.78 is 9.84. The van der Waals surface area contributed by atoms with Crippen LogP contribution in [-0.4, -0.2) is 37.3 Å². The summed E-state index contributed by atoms with van der Waals surface area (Å²) in [5.41, 5.74) is 1.21. The van der Waals surface area contributed by atoms with Crippen molar-refractivity contribution in [2.24, 2.45) is 23.2 Å². The number of esters is 2. The Bertz CT molecular complexity index is 875. The van der Waals surface area contributed by atoms with Crippen LogP contribution in [0.3, 0.4) is 0 Å². The van der Waals surface area contributed by atoms with Crippen LogP contribution in [0.15, 0.2) is 0 Å². The monoisotopic (exact) mass is 478 g/mol. The van der Waals surface area contributed by atoms with Crippen LogP contribution in [0, 0.1) is 30.1 Å². The van der Waals surface area contributed by atoms with Gasteiger partial charge in [-0.3, -0.25) is 0 Å². The number of nitrogens with one attached hydrogen (secondary N) is 2. The Balaban J connectivity index is 1.54. The number of anilines is 1. The number of hydrogen-bond donors (Lipinski definition) is 2. The van der Waals surface area contributed by atoms with Crippen molar-refractivity contribution in [3.05, 3.63) is 16.0 Å². The highest BCUT2D eigenvalue weighted by molar-refractivity contribution is 7.80. The lowest BCUT2D eigenvalue weighted by Gasteiger charge is -2.59. The molecule has 8 heteroatoms. The maximum Gasteiger partial charge on any atom is 0.348 e. The first-order chi connectivity index (χ1) is 15.3. The van der Waals surface area contributed by atoms with Crippen LogP contribution in [0.25, 0.3) is 0 Å². The van der Waals surface area contributed by atoms with Gasteiger partial charge < -0.3 is 20.1 Å². The number of carbonyl (C=O) groups is 2. The molecule has 0 amide bonds. The van der Waals surface area contributed by atoms with Gasteiger partial charge in [0.05, 0.1) is 19.8 Å². The molecule has 4 saturated carbocycles. The van der Waals surface area contributed by atoms with Crippen molar-refractivity contribution >= 4 is 45.6 Å². The van der Waals surface area contributed by atoms with Gasteiger partial charge in [0, 0.05) is 6.04 Å². The number of thiophene rings is 1. The molecule has 0 aliphatic heterocycles. The lowest BCUT2D eigenvalue weighted by Crippen LogP contribution is -2.57. The molecule has 0 aromatic carbocycles. The third kappa shape index (κ3) is 4.28. The summed E-state index contributed by atoms with van der Waals surface area (Å²) in [4.78, 5) is 25.0. The maximum atomic E-state index is 12.4. The fourth-order valence-corrected chi connectivity index (χ4v) is 8.39. The number of thiocarbonyl (C=S) groups is 1. The quantitative estimate of drug-likeness (QED) is 0.407. The van der Waals surface area contributed by atoms with Crippen LogP contribution in [0.5, 0.6) is 0 Å². The molecule has 1 atom stereocenters. The minimum Gasteiger partial charge on any atom is -0.465 e. The van der Waals surface area contributed by atoms with Gasteiger partial charge in [-0.1, -0.05) is 13.3 Å². The molecule has 4 fully saturated rings. The number of ether oxygens (including phenoxy) is 2. The second kappa shape index (κ2) is 9.29. The Labute approximate surface area is 199 Å². The molecule has 32 heavy (non-hydrogen) atoms. The minimum atomic E-state index is -0.495. The zero-order chi connectivity index (χ0) is 23.0. The van der Waals surface area contributed by atoms with E-state index in [1.54, 1.807) is 6.92 Å². The van der Waals surface area contributed by atoms with Crippen molar-refractivity contribution in [1.29, 1.82) is 0 Å². The van der Waals surface area contributed by atoms with Gasteiger partial charge in [0.2, 0.25) is 0 Å². The number of rotatable bonds is 7. The van der Waals surface area contributed by atoms with E-state index in [-0.39, 0.29) is 0 Å². The molecular weight excluding hydrogens is 444 g/mol. The van der Waals surface area contributed by atoms with E-state index >= 15 is 0 Å². The zero-order valence-electron chi connectivity index (χ0n) is 19.4. The van der Waals surface area contributed by atoms with E-state index in [1.165, 1.54) is 64.1 Å². The minimum absolute atomic E-state index is 0.323. The van der Waals surface area contributed by atoms with Gasteiger partial charge in [-0.25, -0.2) is 9.59 Å². The average molecular weight is 479 g/mol. The second-order valence-corrected chi connectivity index (χ2v) is 11.4. The molecule has 4 aliphatic rings. The molecule has 1 aromatic rings. The normalized spacial score (nSPS) is 28.8. The highest BCUT2D eigenvalue weighted by Gasteiger charge is 2.54. The van der Waals surface area contributed by atoms with Gasteiger partial charge in [-0.15, -0.1) is 11.3 Å². The van der Waals surface area contributed by atoms with E-state index < -0.39 is 11.9 Å². The molecule has 2 N–H and O–H groups in total. The molecule has 1 unspecified atom stereocenters. The van der Waals surface area contributed by atoms with E-state index in [4.69, 9.17) is 21.7 Å². The van der Waals surface area contributed by atoms with Crippen molar-refractivity contribution in [2.75, 3.05) is 19.5 Å². The Morgan fingerprint density at radius 3 is 2.16 bits per heavy atom. The predicted molar refractivity (Wildman–Crippen MR) is 130 cm³/mol. The summed E-state index contributed by atoms with van der Waals surface area (Å²) in [7, 11) is 2.67. The molecule has 6 nitrogen and oxygen atoms in total. The molecule has 176 valence electrons. The van der Waals surface area contributed by atoms with Crippen molar-refractivity contribution in [1.82, 2.24) is 5.32 Å². The topological polar surface area (TPSA) is 76.7 Å². The summed E-state index contributed by atoms with van der Waals surface area (Å²) in [6.07, 6.45) is 10.3. The highest BCUT2D eigenvalue weighted by atomic mass is 32.1. The summed E-state index contributed by atoms with van der Waals surface area (Å²) >= 11 is 6.90. The van der Waals surface area contributed by atoms with Crippen LogP contribution in [0.2, 0.25) is 0 Å². The predicted octanol–water partition coefficient (Wildman–Crippen LogP) is 5.30. The standard InChI is InChI=1S/C24H34N2O4S2/c1-5-6-17(24-10-14-7-15(11-24)9-16(8-14)12-24)25-23(31)26-20-18(21(27)29-3)13(2)19(32-20)22(28)30-4/h14-17H,5-12H2,1-4H3,(H2,25,26,31). The number of carbonyl (C=O) groups excluding carboxylic acids is 2. The molecule has 0 radical (unpaired) electrons. The second-order valence-electron chi connectivity index (χ2n) is 9.96. The number of methoxy groups -OCH3 is 2. The van der Waals surface area contributed by atoms with Gasteiger partial charge in [0.1, 0.15) is 9.88 Å². The van der Waals surface area contributed by atoms with Crippen molar-refractivity contribution in [3.8, 4) is 0 Å². The van der Waals surface area contributed by atoms with Gasteiger partial charge >= 0.3 is 11.9 Å². The van der Waals surface area contributed by atoms with Crippen molar-refractivity contribution in [3.63, 3.8) is 0 Å². The van der Waals surface area contributed by atoms with Gasteiger partial charge in [0.25, 0.3) is 0 Å². The zero-order valence-corrected chi connectivity index (χ0v) is 21.0. The molecule has 0 spiro atoms. The van der Waals surface area contributed by atoms with E-state index in [2.05, 4.69) is 17.6 Å². The summed E-state index contributed by atoms with van der Waals surface area (Å²) in [5.74, 6) is 1.65. The lowest BCUT2D eigenvalue weighted by molar-refractivity contribution is -0.0718. The molecule has 1 aromatic heterocycles. The summed E-state index contributed by atoms with van der Waals surface area (Å²) in [6.45, 7) is 3.96. The van der Waals surface area contributed by atoms with Gasteiger partial charge in [0.15, 0.2) is 5.11 Å². The Morgan fingerprint density at radius 1 is 1.09 bits per heavy atom. The first-order valence-electron chi connectivity index (χ1n) is 11.7. The molecular formula is C24H34N2O4S2. The Hall–Kier alpha value is -1.67. The average Bonchev–Trinajstić information content (AvgIpc) is 3.07. The number of hydrogen-bond acceptors (Lipinski definition) is 6. The first kappa shape index (κ1) is 23.5. The maximum absolute atomic E-state index is 12.4. The fraction of sp³-hybridized carbons (Fsp3) is 0.708.